The van der Waals surface area contributed by atoms with Crippen LogP contribution in [-0.4, -0.2) is 4.99 Å². The van der Waals surface area contributed by atoms with Crippen molar-refractivity contribution < 1.29 is 9.13 Å². The van der Waals surface area contributed by atoms with E-state index in [1.165, 1.54) is 18.2 Å². The smallest absolute Gasteiger partial charge is 0.142 e. The van der Waals surface area contributed by atoms with Gasteiger partial charge in [0.05, 0.1) is 5.02 Å². The number of hydrogen-bond acceptors (Lipinski definition) is 2. The van der Waals surface area contributed by atoms with E-state index in [0.717, 1.165) is 5.56 Å². The van der Waals surface area contributed by atoms with Crippen molar-refractivity contribution in [2.75, 3.05) is 0 Å². The number of hydrogen-bond donors (Lipinski definition) is 1. The molecular weight excluding hydrogens is 273 g/mol. The van der Waals surface area contributed by atoms with Crippen molar-refractivity contribution in [2.24, 2.45) is 5.73 Å². The summed E-state index contributed by atoms with van der Waals surface area (Å²) in [5.41, 5.74) is 6.24. The first-order valence-electron chi connectivity index (χ1n) is 5.09. The fourth-order valence-electron chi connectivity index (χ4n) is 1.36. The molecule has 0 heterocycles. The Morgan fingerprint density at radius 3 is 2.28 bits per heavy atom. The largest absolute Gasteiger partial charge is 0.457 e. The summed E-state index contributed by atoms with van der Waals surface area (Å²) in [6.07, 6.45) is 0. The molecule has 0 aliphatic carbocycles. The molecule has 2 N–H and O–H groups in total. The third kappa shape index (κ3) is 2.97. The van der Waals surface area contributed by atoms with Gasteiger partial charge in [-0.05, 0) is 36.4 Å². The fraction of sp³-hybridized carbons (Fsp3) is 0. The van der Waals surface area contributed by atoms with Crippen LogP contribution in [0, 0.1) is 5.82 Å². The van der Waals surface area contributed by atoms with Crippen LogP contribution < -0.4 is 10.5 Å². The highest BCUT2D eigenvalue weighted by molar-refractivity contribution is 7.80. The number of ether oxygens (including phenoxy) is 1. The highest BCUT2D eigenvalue weighted by atomic mass is 35.5. The van der Waals surface area contributed by atoms with Crippen LogP contribution in [0.4, 0.5) is 4.39 Å². The lowest BCUT2D eigenvalue weighted by molar-refractivity contribution is 0.480. The van der Waals surface area contributed by atoms with Crippen molar-refractivity contribution >= 4 is 28.8 Å². The standard InChI is InChI=1S/C13H9ClFNOS/c14-11-7-10(5-6-12(11)15)17-9-3-1-8(2-4-9)13(16)18/h1-7H,(H2,16,18). The Morgan fingerprint density at radius 2 is 1.72 bits per heavy atom. The molecule has 0 radical (unpaired) electrons. The third-order valence-electron chi connectivity index (χ3n) is 2.27. The molecular formula is C13H9ClFNOS. The van der Waals surface area contributed by atoms with Gasteiger partial charge in [-0.15, -0.1) is 0 Å². The molecule has 0 unspecified atom stereocenters. The van der Waals surface area contributed by atoms with Crippen LogP contribution in [0.5, 0.6) is 11.5 Å². The van der Waals surface area contributed by atoms with E-state index < -0.39 is 5.82 Å². The molecule has 0 atom stereocenters. The topological polar surface area (TPSA) is 35.2 Å². The predicted octanol–water partition coefficient (Wildman–Crippen LogP) is 3.91. The highest BCUT2D eigenvalue weighted by Crippen LogP contribution is 2.26. The summed E-state index contributed by atoms with van der Waals surface area (Å²) in [6, 6.07) is 11.1. The molecule has 2 nitrogen and oxygen atoms in total. The summed E-state index contributed by atoms with van der Waals surface area (Å²) >= 11 is 10.5. The number of nitrogens with two attached hydrogens (primary N) is 1. The molecule has 0 spiro atoms. The van der Waals surface area contributed by atoms with E-state index >= 15 is 0 Å². The second kappa shape index (κ2) is 5.33. The summed E-state index contributed by atoms with van der Waals surface area (Å²) in [6.45, 7) is 0. The lowest BCUT2D eigenvalue weighted by atomic mass is 10.2. The highest BCUT2D eigenvalue weighted by Gasteiger charge is 2.03. The predicted molar refractivity (Wildman–Crippen MR) is 73.8 cm³/mol. The molecule has 0 amide bonds. The Kier molecular flexibility index (Phi) is 3.79. The van der Waals surface area contributed by atoms with Gasteiger partial charge in [0.1, 0.15) is 22.3 Å². The van der Waals surface area contributed by atoms with Crippen LogP contribution in [0.25, 0.3) is 0 Å². The lowest BCUT2D eigenvalue weighted by Gasteiger charge is -2.07. The molecule has 0 saturated carbocycles. The minimum Gasteiger partial charge on any atom is -0.457 e. The van der Waals surface area contributed by atoms with Gasteiger partial charge in [-0.25, -0.2) is 4.39 Å². The van der Waals surface area contributed by atoms with Gasteiger partial charge >= 0.3 is 0 Å². The van der Waals surface area contributed by atoms with Gasteiger partial charge in [0.25, 0.3) is 0 Å². The van der Waals surface area contributed by atoms with Gasteiger partial charge < -0.3 is 10.5 Å². The lowest BCUT2D eigenvalue weighted by Crippen LogP contribution is -2.08. The SMILES string of the molecule is NC(=S)c1ccc(Oc2ccc(F)c(Cl)c2)cc1. The van der Waals surface area contributed by atoms with Gasteiger partial charge in [-0.2, -0.15) is 0 Å². The molecule has 0 aliphatic rings. The first kappa shape index (κ1) is 12.8. The van der Waals surface area contributed by atoms with E-state index in [1.807, 2.05) is 0 Å². The number of halogens is 2. The maximum atomic E-state index is 13.0. The molecule has 0 aromatic heterocycles. The minimum absolute atomic E-state index is 0.0206. The summed E-state index contributed by atoms with van der Waals surface area (Å²) < 4.78 is 18.5. The van der Waals surface area contributed by atoms with Crippen LogP contribution in [0.3, 0.4) is 0 Å². The molecule has 0 bridgehead atoms. The van der Waals surface area contributed by atoms with Crippen molar-refractivity contribution in [2.45, 2.75) is 0 Å². The summed E-state index contributed by atoms with van der Waals surface area (Å²) in [4.78, 5) is 0.325. The van der Waals surface area contributed by atoms with E-state index in [-0.39, 0.29) is 5.02 Å². The minimum atomic E-state index is -0.479. The average molecular weight is 282 g/mol. The first-order chi connectivity index (χ1) is 8.56. The quantitative estimate of drug-likeness (QED) is 0.867. The fourth-order valence-corrected chi connectivity index (χ4v) is 1.67. The maximum absolute atomic E-state index is 13.0. The Balaban J connectivity index is 2.18. The number of thiocarbonyl (C=S) groups is 1. The zero-order valence-corrected chi connectivity index (χ0v) is 10.8. The van der Waals surface area contributed by atoms with Crippen LogP contribution in [0.2, 0.25) is 5.02 Å². The summed E-state index contributed by atoms with van der Waals surface area (Å²) in [5.74, 6) is 0.579. The zero-order valence-electron chi connectivity index (χ0n) is 9.19. The number of rotatable bonds is 3. The third-order valence-corrected chi connectivity index (χ3v) is 2.79. The Hall–Kier alpha value is -1.65. The van der Waals surface area contributed by atoms with Gasteiger partial charge in [0.2, 0.25) is 0 Å². The summed E-state index contributed by atoms with van der Waals surface area (Å²) in [5, 5.41) is 0.0206. The Labute approximate surface area is 114 Å². The van der Waals surface area contributed by atoms with Crippen LogP contribution >= 0.6 is 23.8 Å². The monoisotopic (exact) mass is 281 g/mol. The Morgan fingerprint density at radius 1 is 1.11 bits per heavy atom. The van der Waals surface area contributed by atoms with E-state index in [4.69, 9.17) is 34.3 Å². The van der Waals surface area contributed by atoms with Crippen LogP contribution in [-0.2, 0) is 0 Å². The van der Waals surface area contributed by atoms with E-state index in [9.17, 15) is 4.39 Å². The molecule has 2 aromatic carbocycles. The van der Waals surface area contributed by atoms with Crippen molar-refractivity contribution in [1.82, 2.24) is 0 Å². The van der Waals surface area contributed by atoms with Crippen LogP contribution in [0.1, 0.15) is 5.56 Å². The molecule has 0 saturated heterocycles. The summed E-state index contributed by atoms with van der Waals surface area (Å²) in [7, 11) is 0. The number of benzene rings is 2. The molecule has 18 heavy (non-hydrogen) atoms. The van der Waals surface area contributed by atoms with Crippen molar-refractivity contribution in [3.05, 3.63) is 58.9 Å². The van der Waals surface area contributed by atoms with Gasteiger partial charge in [-0.3, -0.25) is 0 Å². The zero-order chi connectivity index (χ0) is 13.1. The Bertz CT molecular complexity index is 586. The van der Waals surface area contributed by atoms with Gasteiger partial charge in [0.15, 0.2) is 0 Å². The maximum Gasteiger partial charge on any atom is 0.142 e. The van der Waals surface area contributed by atoms with E-state index in [1.54, 1.807) is 24.3 Å². The van der Waals surface area contributed by atoms with E-state index in [2.05, 4.69) is 0 Å². The molecule has 2 rings (SSSR count). The molecule has 5 heteroatoms. The molecule has 0 aliphatic heterocycles. The van der Waals surface area contributed by atoms with Gasteiger partial charge in [0, 0.05) is 11.6 Å². The first-order valence-corrected chi connectivity index (χ1v) is 5.87. The molecule has 0 fully saturated rings. The molecule has 92 valence electrons. The second-order valence-electron chi connectivity index (χ2n) is 3.57. The normalized spacial score (nSPS) is 10.1. The van der Waals surface area contributed by atoms with Crippen LogP contribution in [0.15, 0.2) is 42.5 Å². The van der Waals surface area contributed by atoms with Crippen molar-refractivity contribution in [3.8, 4) is 11.5 Å². The second-order valence-corrected chi connectivity index (χ2v) is 4.41. The van der Waals surface area contributed by atoms with Crippen molar-refractivity contribution in [1.29, 1.82) is 0 Å². The average Bonchev–Trinajstić information content (AvgIpc) is 2.34. The van der Waals surface area contributed by atoms with Gasteiger partial charge in [-0.1, -0.05) is 23.8 Å². The van der Waals surface area contributed by atoms with Crippen molar-refractivity contribution in [3.63, 3.8) is 0 Å². The molecule has 2 aromatic rings. The van der Waals surface area contributed by atoms with E-state index in [0.29, 0.717) is 16.5 Å².